The number of aliphatic imine (C=N–C) groups is 1. The number of anilines is 1. The van der Waals surface area contributed by atoms with Crippen LogP contribution in [-0.2, 0) is 22.7 Å². The first-order valence-electron chi connectivity index (χ1n) is 7.50. The summed E-state index contributed by atoms with van der Waals surface area (Å²) in [7, 11) is -1.98. The van der Waals surface area contributed by atoms with Gasteiger partial charge in [0.2, 0.25) is 19.5 Å². The van der Waals surface area contributed by atoms with Gasteiger partial charge in [0.1, 0.15) is 11.6 Å². The second kappa shape index (κ2) is 10.5. The van der Waals surface area contributed by atoms with Crippen LogP contribution in [0.15, 0.2) is 17.4 Å². The highest BCUT2D eigenvalue weighted by Crippen LogP contribution is 2.43. The van der Waals surface area contributed by atoms with Crippen LogP contribution in [0.4, 0.5) is 5.95 Å². The van der Waals surface area contributed by atoms with Crippen LogP contribution >= 0.6 is 15.6 Å². The molecule has 0 bridgehead atoms. The molecule has 0 amide bonds. The SMILES string of the molecule is C=C(/N=C(\C)[PH](=O)OC)NCCNc1nc(C)nc(P(=O)(OC)OC)n1. The molecule has 0 aliphatic carbocycles. The van der Waals surface area contributed by atoms with Gasteiger partial charge in [0, 0.05) is 34.4 Å². The molecule has 26 heavy (non-hydrogen) atoms. The average molecular weight is 406 g/mol. The van der Waals surface area contributed by atoms with Crippen molar-refractivity contribution in [1.29, 1.82) is 0 Å². The molecular formula is C13H24N6O5P2. The Morgan fingerprint density at radius 3 is 2.46 bits per heavy atom. The normalized spacial score (nSPS) is 13.3. The Kier molecular flexibility index (Phi) is 9.04. The molecule has 0 aliphatic rings. The maximum Gasteiger partial charge on any atom is 0.398 e. The van der Waals surface area contributed by atoms with Gasteiger partial charge in [-0.3, -0.25) is 9.13 Å². The van der Waals surface area contributed by atoms with E-state index in [9.17, 15) is 9.13 Å². The van der Waals surface area contributed by atoms with Gasteiger partial charge >= 0.3 is 7.60 Å². The maximum atomic E-state index is 12.4. The zero-order chi connectivity index (χ0) is 19.7. The molecule has 0 fully saturated rings. The molecule has 0 spiro atoms. The first-order valence-corrected chi connectivity index (χ1v) is 10.4. The van der Waals surface area contributed by atoms with Crippen molar-refractivity contribution in [1.82, 2.24) is 20.3 Å². The molecule has 2 N–H and O–H groups in total. The van der Waals surface area contributed by atoms with Crippen LogP contribution in [0.1, 0.15) is 12.7 Å². The largest absolute Gasteiger partial charge is 0.398 e. The molecule has 0 aliphatic heterocycles. The minimum absolute atomic E-state index is 0.0696. The van der Waals surface area contributed by atoms with E-state index < -0.39 is 15.6 Å². The first kappa shape index (κ1) is 22.4. The molecule has 146 valence electrons. The minimum Gasteiger partial charge on any atom is -0.369 e. The number of aryl methyl sites for hydroxylation is 1. The quantitative estimate of drug-likeness (QED) is 0.314. The zero-order valence-corrected chi connectivity index (χ0v) is 17.3. The fraction of sp³-hybridized carbons (Fsp3) is 0.538. The van der Waals surface area contributed by atoms with Crippen molar-refractivity contribution >= 4 is 32.6 Å². The maximum absolute atomic E-state index is 12.4. The summed E-state index contributed by atoms with van der Waals surface area (Å²) >= 11 is 0. The molecule has 1 aromatic rings. The second-order valence-electron chi connectivity index (χ2n) is 4.86. The standard InChI is InChI=1S/C13H24N6O5P2/c1-9(16-11(3)25(20)22-4)14-7-8-15-12-17-10(2)18-13(19-12)26(21,23-5)24-6/h14,25H,1,7-8H2,2-6H3,(H,15,17,18,19)/b16-11+. The van der Waals surface area contributed by atoms with Crippen LogP contribution in [-0.4, -0.2) is 54.8 Å². The summed E-state index contributed by atoms with van der Waals surface area (Å²) in [5.74, 6) is 0.961. The molecule has 11 nitrogen and oxygen atoms in total. The highest BCUT2D eigenvalue weighted by atomic mass is 31.2. The van der Waals surface area contributed by atoms with Gasteiger partial charge in [-0.2, -0.15) is 9.97 Å². The van der Waals surface area contributed by atoms with E-state index in [0.29, 0.717) is 30.2 Å². The average Bonchev–Trinajstić information content (AvgIpc) is 2.63. The van der Waals surface area contributed by atoms with Gasteiger partial charge < -0.3 is 24.2 Å². The van der Waals surface area contributed by atoms with Crippen molar-refractivity contribution in [2.75, 3.05) is 39.7 Å². The fourth-order valence-electron chi connectivity index (χ4n) is 1.72. The molecule has 1 unspecified atom stereocenters. The van der Waals surface area contributed by atoms with E-state index >= 15 is 0 Å². The third kappa shape index (κ3) is 6.59. The molecule has 0 radical (unpaired) electrons. The lowest BCUT2D eigenvalue weighted by Gasteiger charge is -2.13. The summed E-state index contributed by atoms with van der Waals surface area (Å²) in [6.07, 6.45) is 0. The van der Waals surface area contributed by atoms with Crippen molar-refractivity contribution in [2.45, 2.75) is 13.8 Å². The van der Waals surface area contributed by atoms with E-state index in [4.69, 9.17) is 13.6 Å². The predicted molar refractivity (Wildman–Crippen MR) is 101 cm³/mol. The summed E-state index contributed by atoms with van der Waals surface area (Å²) in [6.45, 7) is 7.83. The van der Waals surface area contributed by atoms with Gasteiger partial charge in [-0.05, 0) is 13.8 Å². The summed E-state index contributed by atoms with van der Waals surface area (Å²) in [6, 6.07) is 0. The van der Waals surface area contributed by atoms with Crippen molar-refractivity contribution < 1.29 is 22.7 Å². The van der Waals surface area contributed by atoms with Crippen LogP contribution in [0, 0.1) is 6.92 Å². The molecule has 1 rings (SSSR count). The molecule has 1 aromatic heterocycles. The van der Waals surface area contributed by atoms with Crippen LogP contribution in [0.2, 0.25) is 0 Å². The number of hydrogen-bond donors (Lipinski definition) is 2. The summed E-state index contributed by atoms with van der Waals surface area (Å²) in [5.41, 5.74) is 0.301. The Morgan fingerprint density at radius 2 is 1.88 bits per heavy atom. The van der Waals surface area contributed by atoms with Gasteiger partial charge in [0.25, 0.3) is 0 Å². The van der Waals surface area contributed by atoms with Crippen molar-refractivity contribution in [2.24, 2.45) is 4.99 Å². The molecular weight excluding hydrogens is 382 g/mol. The Hall–Kier alpha value is -1.64. The monoisotopic (exact) mass is 406 g/mol. The number of aromatic nitrogens is 3. The van der Waals surface area contributed by atoms with E-state index in [0.717, 1.165) is 0 Å². The van der Waals surface area contributed by atoms with E-state index in [-0.39, 0.29) is 11.5 Å². The van der Waals surface area contributed by atoms with Crippen molar-refractivity contribution in [3.05, 3.63) is 18.2 Å². The minimum atomic E-state index is -3.56. The highest BCUT2D eigenvalue weighted by molar-refractivity contribution is 7.61. The van der Waals surface area contributed by atoms with Gasteiger partial charge in [0.15, 0.2) is 0 Å². The van der Waals surface area contributed by atoms with Gasteiger partial charge in [-0.1, -0.05) is 6.58 Å². The molecule has 0 saturated heterocycles. The Bertz CT molecular complexity index is 734. The molecule has 13 heteroatoms. The third-order valence-corrected chi connectivity index (χ3v) is 5.71. The number of hydrogen-bond acceptors (Lipinski definition) is 11. The summed E-state index contributed by atoms with van der Waals surface area (Å²) < 4.78 is 38.3. The van der Waals surface area contributed by atoms with Crippen molar-refractivity contribution in [3.8, 4) is 0 Å². The fourth-order valence-corrected chi connectivity index (χ4v) is 3.21. The molecule has 0 aromatic carbocycles. The zero-order valence-electron chi connectivity index (χ0n) is 15.4. The predicted octanol–water partition coefficient (Wildman–Crippen LogP) is 1.30. The van der Waals surface area contributed by atoms with E-state index in [2.05, 4.69) is 37.2 Å². The number of nitrogens with zero attached hydrogens (tertiary/aromatic N) is 4. The van der Waals surface area contributed by atoms with Crippen molar-refractivity contribution in [3.63, 3.8) is 0 Å². The Labute approximate surface area is 153 Å². The Balaban J connectivity index is 2.64. The van der Waals surface area contributed by atoms with Crippen LogP contribution in [0.25, 0.3) is 0 Å². The van der Waals surface area contributed by atoms with Gasteiger partial charge in [-0.15, -0.1) is 0 Å². The van der Waals surface area contributed by atoms with Crippen LogP contribution in [0.3, 0.4) is 0 Å². The lowest BCUT2D eigenvalue weighted by Crippen LogP contribution is -2.25. The lowest BCUT2D eigenvalue weighted by atomic mass is 10.6. The summed E-state index contributed by atoms with van der Waals surface area (Å²) in [4.78, 5) is 16.2. The highest BCUT2D eigenvalue weighted by Gasteiger charge is 2.29. The van der Waals surface area contributed by atoms with Gasteiger partial charge in [0.05, 0.1) is 5.45 Å². The lowest BCUT2D eigenvalue weighted by molar-refractivity contribution is 0.285. The summed E-state index contributed by atoms with van der Waals surface area (Å²) in [5, 5.41) is 5.91. The van der Waals surface area contributed by atoms with E-state index in [1.807, 2.05) is 0 Å². The van der Waals surface area contributed by atoms with E-state index in [1.54, 1.807) is 13.8 Å². The number of rotatable bonds is 11. The van der Waals surface area contributed by atoms with Gasteiger partial charge in [-0.25, -0.2) is 9.98 Å². The third-order valence-electron chi connectivity index (χ3n) is 2.98. The molecule has 0 saturated carbocycles. The molecule has 1 atom stereocenters. The molecule has 1 heterocycles. The first-order chi connectivity index (χ1) is 12.3. The van der Waals surface area contributed by atoms with E-state index in [1.165, 1.54) is 21.3 Å². The topological polar surface area (TPSA) is 137 Å². The second-order valence-corrected chi connectivity index (χ2v) is 8.69. The van der Waals surface area contributed by atoms with Crippen LogP contribution < -0.4 is 16.2 Å². The Morgan fingerprint density at radius 1 is 1.23 bits per heavy atom. The van der Waals surface area contributed by atoms with Crippen LogP contribution in [0.5, 0.6) is 0 Å². The smallest absolute Gasteiger partial charge is 0.369 e. The number of nitrogens with one attached hydrogen (secondary N) is 2.